The van der Waals surface area contributed by atoms with Crippen LogP contribution < -0.4 is 4.74 Å². The molecule has 6 nitrogen and oxygen atoms in total. The van der Waals surface area contributed by atoms with E-state index in [1.54, 1.807) is 30.3 Å². The van der Waals surface area contributed by atoms with Crippen LogP contribution in [0.2, 0.25) is 0 Å². The Bertz CT molecular complexity index is 522. The van der Waals surface area contributed by atoms with Gasteiger partial charge in [0.2, 0.25) is 0 Å². The number of carbonyl (C=O) groups is 1. The van der Waals surface area contributed by atoms with Gasteiger partial charge in [-0.25, -0.2) is 14.9 Å². The van der Waals surface area contributed by atoms with Crippen molar-refractivity contribution in [2.24, 2.45) is 0 Å². The van der Waals surface area contributed by atoms with Crippen LogP contribution >= 0.6 is 0 Å². The molecule has 18 heavy (non-hydrogen) atoms. The molecular formula is C12H10N2O4. The molecule has 1 aliphatic heterocycles. The predicted molar refractivity (Wildman–Crippen MR) is 63.0 cm³/mol. The Kier molecular flexibility index (Phi) is 3.38. The van der Waals surface area contributed by atoms with E-state index in [0.717, 1.165) is 11.2 Å². The summed E-state index contributed by atoms with van der Waals surface area (Å²) in [5, 5.41) is 10.8. The number of nitro groups is 1. The van der Waals surface area contributed by atoms with Crippen molar-refractivity contribution in [3.63, 3.8) is 0 Å². The quantitative estimate of drug-likeness (QED) is 0.350. The van der Waals surface area contributed by atoms with Gasteiger partial charge in [-0.05, 0) is 18.2 Å². The molecule has 0 aromatic heterocycles. The minimum Gasteiger partial charge on any atom is -0.423 e. The maximum Gasteiger partial charge on any atom is 0.345 e. The minimum absolute atomic E-state index is 0.134. The first-order chi connectivity index (χ1) is 8.66. The van der Waals surface area contributed by atoms with E-state index in [1.807, 2.05) is 0 Å². The number of hydrogen-bond donors (Lipinski definition) is 0. The fourth-order valence-corrected chi connectivity index (χ4v) is 1.43. The van der Waals surface area contributed by atoms with Crippen LogP contribution in [0.5, 0.6) is 5.75 Å². The second kappa shape index (κ2) is 5.13. The zero-order valence-corrected chi connectivity index (χ0v) is 9.35. The van der Waals surface area contributed by atoms with E-state index in [0.29, 0.717) is 5.75 Å². The number of benzene rings is 1. The van der Waals surface area contributed by atoms with Gasteiger partial charge >= 0.3 is 5.97 Å². The molecule has 1 aromatic carbocycles. The van der Waals surface area contributed by atoms with Gasteiger partial charge in [0.05, 0.1) is 11.8 Å². The van der Waals surface area contributed by atoms with Gasteiger partial charge in [-0.1, -0.05) is 29.3 Å². The smallest absolute Gasteiger partial charge is 0.345 e. The number of rotatable bonds is 3. The summed E-state index contributed by atoms with van der Waals surface area (Å²) in [5.41, 5.74) is 0.141. The van der Waals surface area contributed by atoms with Crippen molar-refractivity contribution in [2.45, 2.75) is 0 Å². The van der Waals surface area contributed by atoms with Gasteiger partial charge in [0, 0.05) is 0 Å². The van der Waals surface area contributed by atoms with Gasteiger partial charge in [0.25, 0.3) is 0 Å². The summed E-state index contributed by atoms with van der Waals surface area (Å²) in [7, 11) is 0. The maximum absolute atomic E-state index is 11.7. The molecule has 0 spiro atoms. The Balaban J connectivity index is 2.10. The molecule has 0 radical (unpaired) electrons. The van der Waals surface area contributed by atoms with Crippen LogP contribution in [-0.2, 0) is 4.79 Å². The summed E-state index contributed by atoms with van der Waals surface area (Å²) in [5.74, 6) is -0.223. The van der Waals surface area contributed by atoms with Gasteiger partial charge in [-0.3, -0.25) is 0 Å². The molecule has 0 saturated carbocycles. The molecule has 6 heteroatoms. The molecule has 0 saturated heterocycles. The van der Waals surface area contributed by atoms with Crippen LogP contribution in [0.25, 0.3) is 0 Å². The number of nitrogens with zero attached hydrogens (tertiary/aromatic N) is 2. The largest absolute Gasteiger partial charge is 0.423 e. The SMILES string of the molecule is O=C(Oc1ccccc1)C1=CN([N+](=O)[O-])CC=C1. The van der Waals surface area contributed by atoms with Crippen molar-refractivity contribution in [3.8, 4) is 5.75 Å². The zero-order chi connectivity index (χ0) is 13.0. The lowest BCUT2D eigenvalue weighted by atomic mass is 10.2. The second-order valence-corrected chi connectivity index (χ2v) is 3.55. The molecule has 92 valence electrons. The first kappa shape index (κ1) is 11.8. The monoisotopic (exact) mass is 246 g/mol. The van der Waals surface area contributed by atoms with E-state index in [4.69, 9.17) is 4.74 Å². The Morgan fingerprint density at radius 1 is 1.33 bits per heavy atom. The highest BCUT2D eigenvalue weighted by Gasteiger charge is 2.19. The second-order valence-electron chi connectivity index (χ2n) is 3.55. The topological polar surface area (TPSA) is 72.7 Å². The summed E-state index contributed by atoms with van der Waals surface area (Å²) in [4.78, 5) is 22.3. The molecular weight excluding hydrogens is 236 g/mol. The van der Waals surface area contributed by atoms with E-state index in [9.17, 15) is 14.9 Å². The number of hydrazine groups is 1. The van der Waals surface area contributed by atoms with Crippen LogP contribution in [0.15, 0.2) is 54.3 Å². The number of esters is 1. The van der Waals surface area contributed by atoms with Crippen molar-refractivity contribution in [3.05, 3.63) is 64.4 Å². The number of carbonyl (C=O) groups excluding carboxylic acids is 1. The molecule has 0 bridgehead atoms. The highest BCUT2D eigenvalue weighted by molar-refractivity contribution is 5.93. The van der Waals surface area contributed by atoms with Crippen molar-refractivity contribution in [1.29, 1.82) is 0 Å². The molecule has 0 atom stereocenters. The molecule has 0 unspecified atom stereocenters. The molecule has 0 N–H and O–H groups in total. The van der Waals surface area contributed by atoms with E-state index < -0.39 is 11.0 Å². The van der Waals surface area contributed by atoms with Gasteiger partial charge in [0.1, 0.15) is 12.3 Å². The number of ether oxygens (including phenoxy) is 1. The van der Waals surface area contributed by atoms with Gasteiger partial charge in [0.15, 0.2) is 5.03 Å². The van der Waals surface area contributed by atoms with Gasteiger partial charge in [-0.15, -0.1) is 0 Å². The Morgan fingerprint density at radius 3 is 2.72 bits per heavy atom. The summed E-state index contributed by atoms with van der Waals surface area (Å²) in [6.45, 7) is 0.134. The van der Waals surface area contributed by atoms with Crippen LogP contribution in [0.3, 0.4) is 0 Å². The first-order valence-electron chi connectivity index (χ1n) is 5.23. The summed E-state index contributed by atoms with van der Waals surface area (Å²) >= 11 is 0. The number of para-hydroxylation sites is 1. The van der Waals surface area contributed by atoms with Crippen molar-refractivity contribution >= 4 is 5.97 Å². The van der Waals surface area contributed by atoms with Gasteiger partial charge in [-0.2, -0.15) is 0 Å². The average molecular weight is 246 g/mol. The lowest BCUT2D eigenvalue weighted by molar-refractivity contribution is -0.637. The molecule has 0 fully saturated rings. The third-order valence-corrected chi connectivity index (χ3v) is 2.28. The standard InChI is InChI=1S/C12H10N2O4/c15-12(18-11-6-2-1-3-7-11)10-5-4-8-13(9-10)14(16)17/h1-7,9H,8H2. The normalized spacial score (nSPS) is 14.0. The average Bonchev–Trinajstić information content (AvgIpc) is 2.40. The fourth-order valence-electron chi connectivity index (χ4n) is 1.43. The highest BCUT2D eigenvalue weighted by atomic mass is 16.7. The Hall–Kier alpha value is -2.63. The summed E-state index contributed by atoms with van der Waals surface area (Å²) in [6.07, 6.45) is 4.20. The van der Waals surface area contributed by atoms with Crippen LogP contribution in [0, 0.1) is 10.1 Å². The lowest BCUT2D eigenvalue weighted by Crippen LogP contribution is -2.28. The highest BCUT2D eigenvalue weighted by Crippen LogP contribution is 2.14. The third-order valence-electron chi connectivity index (χ3n) is 2.28. The third kappa shape index (κ3) is 2.73. The lowest BCUT2D eigenvalue weighted by Gasteiger charge is -2.12. The maximum atomic E-state index is 11.7. The van der Waals surface area contributed by atoms with E-state index in [1.165, 1.54) is 12.2 Å². The molecule has 1 aliphatic rings. The van der Waals surface area contributed by atoms with Gasteiger partial charge < -0.3 is 4.74 Å². The van der Waals surface area contributed by atoms with Crippen molar-refractivity contribution in [2.75, 3.05) is 6.54 Å². The fraction of sp³-hybridized carbons (Fsp3) is 0.0833. The Morgan fingerprint density at radius 2 is 2.06 bits per heavy atom. The predicted octanol–water partition coefficient (Wildman–Crippen LogP) is 1.54. The molecule has 0 aliphatic carbocycles. The van der Waals surface area contributed by atoms with Crippen molar-refractivity contribution in [1.82, 2.24) is 5.01 Å². The molecule has 2 rings (SSSR count). The molecule has 0 amide bonds. The summed E-state index contributed by atoms with van der Waals surface area (Å²) in [6, 6.07) is 8.53. The van der Waals surface area contributed by atoms with E-state index in [-0.39, 0.29) is 12.1 Å². The molecule has 1 heterocycles. The van der Waals surface area contributed by atoms with E-state index >= 15 is 0 Å². The van der Waals surface area contributed by atoms with Crippen LogP contribution in [0.4, 0.5) is 0 Å². The Labute approximate surface area is 103 Å². The van der Waals surface area contributed by atoms with Crippen LogP contribution in [0.1, 0.15) is 0 Å². The zero-order valence-electron chi connectivity index (χ0n) is 9.35. The van der Waals surface area contributed by atoms with E-state index in [2.05, 4.69) is 0 Å². The minimum atomic E-state index is -0.621. The van der Waals surface area contributed by atoms with Crippen LogP contribution in [-0.4, -0.2) is 22.6 Å². The first-order valence-corrected chi connectivity index (χ1v) is 5.23. The summed E-state index contributed by atoms with van der Waals surface area (Å²) < 4.78 is 5.07. The number of hydrogen-bond acceptors (Lipinski definition) is 4. The van der Waals surface area contributed by atoms with Crippen molar-refractivity contribution < 1.29 is 14.6 Å². The molecule has 1 aromatic rings.